The Balaban J connectivity index is 2.22. The molecule has 0 aliphatic rings. The fourth-order valence-corrected chi connectivity index (χ4v) is 2.17. The van der Waals surface area contributed by atoms with Crippen molar-refractivity contribution in [2.24, 2.45) is 0 Å². The summed E-state index contributed by atoms with van der Waals surface area (Å²) < 4.78 is 19.6. The summed E-state index contributed by atoms with van der Waals surface area (Å²) >= 11 is 3.19. The first-order valence-corrected chi connectivity index (χ1v) is 6.89. The lowest BCUT2D eigenvalue weighted by Crippen LogP contribution is -2.05. The van der Waals surface area contributed by atoms with E-state index >= 15 is 0 Å². The number of anilines is 1. The predicted molar refractivity (Wildman–Crippen MR) is 81.4 cm³/mol. The van der Waals surface area contributed by atoms with Gasteiger partial charge in [-0.05, 0) is 30.3 Å². The van der Waals surface area contributed by atoms with Gasteiger partial charge in [-0.1, -0.05) is 22.0 Å². The summed E-state index contributed by atoms with van der Waals surface area (Å²) in [5.41, 5.74) is 1.11. The van der Waals surface area contributed by atoms with Crippen LogP contribution in [0.2, 0.25) is 0 Å². The molecule has 110 valence electrons. The molecule has 0 aliphatic carbocycles. The van der Waals surface area contributed by atoms with Gasteiger partial charge in [0.2, 0.25) is 0 Å². The van der Waals surface area contributed by atoms with Crippen LogP contribution in [-0.2, 0) is 6.54 Å². The number of halogens is 2. The second-order valence-electron chi connectivity index (χ2n) is 4.31. The van der Waals surface area contributed by atoms with Gasteiger partial charge in [0.15, 0.2) is 0 Å². The van der Waals surface area contributed by atoms with E-state index in [-0.39, 0.29) is 17.9 Å². The zero-order valence-corrected chi connectivity index (χ0v) is 12.8. The highest BCUT2D eigenvalue weighted by molar-refractivity contribution is 9.10. The number of carbonyl (C=O) groups is 1. The van der Waals surface area contributed by atoms with Gasteiger partial charge in [-0.25, -0.2) is 9.18 Å². The third kappa shape index (κ3) is 3.72. The maximum absolute atomic E-state index is 13.7. The molecule has 0 bridgehead atoms. The van der Waals surface area contributed by atoms with E-state index in [0.717, 1.165) is 0 Å². The van der Waals surface area contributed by atoms with Gasteiger partial charge < -0.3 is 15.2 Å². The molecule has 0 aliphatic heterocycles. The molecule has 0 amide bonds. The van der Waals surface area contributed by atoms with Crippen LogP contribution in [0.4, 0.5) is 10.1 Å². The average Bonchev–Trinajstić information content (AvgIpc) is 2.46. The molecule has 2 N–H and O–H groups in total. The molecule has 4 nitrogen and oxygen atoms in total. The Bertz CT molecular complexity index is 676. The molecule has 21 heavy (non-hydrogen) atoms. The van der Waals surface area contributed by atoms with E-state index in [1.807, 2.05) is 0 Å². The number of carboxylic acids is 1. The molecule has 2 aromatic carbocycles. The highest BCUT2D eigenvalue weighted by Crippen LogP contribution is 2.26. The van der Waals surface area contributed by atoms with Gasteiger partial charge in [-0.15, -0.1) is 0 Å². The molecule has 0 aromatic heterocycles. The molecule has 0 radical (unpaired) electrons. The molecule has 0 unspecified atom stereocenters. The largest absolute Gasteiger partial charge is 0.495 e. The summed E-state index contributed by atoms with van der Waals surface area (Å²) in [7, 11) is 1.49. The van der Waals surface area contributed by atoms with E-state index in [0.29, 0.717) is 21.5 Å². The Morgan fingerprint density at radius 3 is 2.71 bits per heavy atom. The van der Waals surface area contributed by atoms with Crippen molar-refractivity contribution >= 4 is 27.6 Å². The van der Waals surface area contributed by atoms with E-state index in [1.165, 1.54) is 25.3 Å². The van der Waals surface area contributed by atoms with Crippen LogP contribution in [0.1, 0.15) is 15.9 Å². The van der Waals surface area contributed by atoms with E-state index in [9.17, 15) is 9.18 Å². The van der Waals surface area contributed by atoms with Crippen molar-refractivity contribution in [3.05, 3.63) is 57.8 Å². The molecular weight excluding hydrogens is 341 g/mol. The lowest BCUT2D eigenvalue weighted by atomic mass is 10.1. The van der Waals surface area contributed by atoms with Crippen molar-refractivity contribution in [3.8, 4) is 5.75 Å². The monoisotopic (exact) mass is 353 g/mol. The number of rotatable bonds is 5. The molecule has 0 spiro atoms. The number of methoxy groups -OCH3 is 1. The molecule has 6 heteroatoms. The number of carboxylic acid groups (broad SMARTS) is 1. The van der Waals surface area contributed by atoms with Crippen molar-refractivity contribution in [2.45, 2.75) is 6.54 Å². The molecule has 0 atom stereocenters. The minimum absolute atomic E-state index is 0.134. The Kier molecular flexibility index (Phi) is 4.80. The van der Waals surface area contributed by atoms with E-state index in [1.54, 1.807) is 18.2 Å². The number of ether oxygens (including phenoxy) is 1. The third-order valence-electron chi connectivity index (χ3n) is 2.93. The molecule has 2 rings (SSSR count). The smallest absolute Gasteiger partial charge is 0.335 e. The van der Waals surface area contributed by atoms with Gasteiger partial charge >= 0.3 is 5.97 Å². The standard InChI is InChI=1S/C15H13BrFNO3/c1-21-14-5-3-9(15(19)20)6-13(14)18-8-10-2-4-11(16)7-12(10)17/h2-7,18H,8H2,1H3,(H,19,20). The van der Waals surface area contributed by atoms with Gasteiger partial charge in [0.25, 0.3) is 0 Å². The highest BCUT2D eigenvalue weighted by atomic mass is 79.9. The van der Waals surface area contributed by atoms with Crippen LogP contribution in [0.3, 0.4) is 0 Å². The zero-order valence-electron chi connectivity index (χ0n) is 11.2. The summed E-state index contributed by atoms with van der Waals surface area (Å²) in [6.07, 6.45) is 0. The first kappa shape index (κ1) is 15.3. The van der Waals surface area contributed by atoms with E-state index in [4.69, 9.17) is 9.84 Å². The van der Waals surface area contributed by atoms with E-state index < -0.39 is 5.97 Å². The van der Waals surface area contributed by atoms with E-state index in [2.05, 4.69) is 21.2 Å². The Morgan fingerprint density at radius 1 is 1.33 bits per heavy atom. The van der Waals surface area contributed by atoms with Crippen LogP contribution in [0.15, 0.2) is 40.9 Å². The normalized spacial score (nSPS) is 10.2. The molecule has 2 aromatic rings. The van der Waals surface area contributed by atoms with Crippen LogP contribution in [0.5, 0.6) is 5.75 Å². The molecule has 0 saturated carbocycles. The maximum atomic E-state index is 13.7. The summed E-state index contributed by atoms with van der Waals surface area (Å²) in [6.45, 7) is 0.221. The van der Waals surface area contributed by atoms with Crippen molar-refractivity contribution in [2.75, 3.05) is 12.4 Å². The quantitative estimate of drug-likeness (QED) is 0.855. The first-order valence-electron chi connectivity index (χ1n) is 6.10. The Labute approximate surface area is 129 Å². The first-order chi connectivity index (χ1) is 10.0. The van der Waals surface area contributed by atoms with Crippen LogP contribution >= 0.6 is 15.9 Å². The second kappa shape index (κ2) is 6.58. The van der Waals surface area contributed by atoms with Crippen molar-refractivity contribution < 1.29 is 19.0 Å². The highest BCUT2D eigenvalue weighted by Gasteiger charge is 2.10. The number of aromatic carboxylic acids is 1. The number of nitrogens with one attached hydrogen (secondary N) is 1. The maximum Gasteiger partial charge on any atom is 0.335 e. The van der Waals surface area contributed by atoms with Gasteiger partial charge in [0.05, 0.1) is 18.4 Å². The molecule has 0 fully saturated rings. The fraction of sp³-hybridized carbons (Fsp3) is 0.133. The summed E-state index contributed by atoms with van der Waals surface area (Å²) in [5.74, 6) is -0.877. The second-order valence-corrected chi connectivity index (χ2v) is 5.23. The summed E-state index contributed by atoms with van der Waals surface area (Å²) in [4.78, 5) is 11.0. The van der Waals surface area contributed by atoms with Crippen molar-refractivity contribution in [1.29, 1.82) is 0 Å². The Morgan fingerprint density at radius 2 is 2.10 bits per heavy atom. The van der Waals surface area contributed by atoms with Gasteiger partial charge in [0.1, 0.15) is 11.6 Å². The van der Waals surface area contributed by atoms with Crippen molar-refractivity contribution in [3.63, 3.8) is 0 Å². The summed E-state index contributed by atoms with van der Waals surface area (Å²) in [5, 5.41) is 12.0. The van der Waals surface area contributed by atoms with Gasteiger partial charge in [-0.3, -0.25) is 0 Å². The van der Waals surface area contributed by atoms with Crippen LogP contribution in [-0.4, -0.2) is 18.2 Å². The molecule has 0 saturated heterocycles. The average molecular weight is 354 g/mol. The molecule has 0 heterocycles. The topological polar surface area (TPSA) is 58.6 Å². The number of hydrogen-bond acceptors (Lipinski definition) is 3. The lowest BCUT2D eigenvalue weighted by molar-refractivity contribution is 0.0697. The van der Waals surface area contributed by atoms with Crippen LogP contribution in [0.25, 0.3) is 0 Å². The molecular formula is C15H13BrFNO3. The van der Waals surface area contributed by atoms with Gasteiger partial charge in [-0.2, -0.15) is 0 Å². The SMILES string of the molecule is COc1ccc(C(=O)O)cc1NCc1ccc(Br)cc1F. The fourth-order valence-electron chi connectivity index (χ4n) is 1.83. The van der Waals surface area contributed by atoms with Crippen molar-refractivity contribution in [1.82, 2.24) is 0 Å². The number of hydrogen-bond donors (Lipinski definition) is 2. The lowest BCUT2D eigenvalue weighted by Gasteiger charge is -2.12. The minimum Gasteiger partial charge on any atom is -0.495 e. The van der Waals surface area contributed by atoms with Crippen LogP contribution in [0, 0.1) is 5.82 Å². The third-order valence-corrected chi connectivity index (χ3v) is 3.42. The number of benzene rings is 2. The summed E-state index contributed by atoms with van der Waals surface area (Å²) in [6, 6.07) is 9.24. The Hall–Kier alpha value is -2.08. The van der Waals surface area contributed by atoms with Gasteiger partial charge in [0, 0.05) is 16.6 Å². The minimum atomic E-state index is -1.03. The zero-order chi connectivity index (χ0) is 15.4. The predicted octanol–water partition coefficient (Wildman–Crippen LogP) is 3.91. The van der Waals surface area contributed by atoms with Crippen LogP contribution < -0.4 is 10.1 Å².